The van der Waals surface area contributed by atoms with E-state index in [0.29, 0.717) is 23.9 Å². The predicted molar refractivity (Wildman–Crippen MR) is 178 cm³/mol. The highest BCUT2D eigenvalue weighted by molar-refractivity contribution is 7.47. The van der Waals surface area contributed by atoms with Crippen molar-refractivity contribution >= 4 is 19.8 Å². The van der Waals surface area contributed by atoms with Gasteiger partial charge in [0, 0.05) is 12.8 Å². The lowest BCUT2D eigenvalue weighted by molar-refractivity contribution is -0.870. The topological polar surface area (TPSA) is 108 Å². The van der Waals surface area contributed by atoms with Gasteiger partial charge in [0.15, 0.2) is 6.10 Å². The normalized spacial score (nSPS) is 13.9. The second kappa shape index (κ2) is 28.3. The van der Waals surface area contributed by atoms with E-state index < -0.39 is 26.5 Å². The monoisotopic (exact) mass is 650 g/mol. The van der Waals surface area contributed by atoms with Crippen LogP contribution in [0.3, 0.4) is 0 Å². The Morgan fingerprint density at radius 3 is 1.45 bits per heavy atom. The molecule has 0 radical (unpaired) electrons. The second-order valence-electron chi connectivity index (χ2n) is 13.3. The maximum absolute atomic E-state index is 12.4. The largest absolute Gasteiger partial charge is 0.472 e. The smallest absolute Gasteiger partial charge is 0.462 e. The number of carbonyl (C=O) groups excluding carboxylic acids is 2. The molecule has 1 N–H and O–H groups in total. The molecule has 0 aliphatic carbocycles. The van der Waals surface area contributed by atoms with Crippen molar-refractivity contribution in [3.05, 3.63) is 0 Å². The summed E-state index contributed by atoms with van der Waals surface area (Å²) in [5.41, 5.74) is 0. The number of hydrogen-bond donors (Lipinski definition) is 1. The molecular formula is C34H69NO8P+. The van der Waals surface area contributed by atoms with Crippen LogP contribution >= 0.6 is 7.82 Å². The van der Waals surface area contributed by atoms with Crippen LogP contribution in [-0.2, 0) is 32.7 Å². The molecule has 262 valence electrons. The van der Waals surface area contributed by atoms with Crippen LogP contribution in [-0.4, -0.2) is 74.9 Å². The molecule has 0 spiro atoms. The summed E-state index contributed by atoms with van der Waals surface area (Å²) >= 11 is 0. The third-order valence-corrected chi connectivity index (χ3v) is 8.62. The van der Waals surface area contributed by atoms with Gasteiger partial charge in [-0.05, 0) is 12.8 Å². The maximum Gasteiger partial charge on any atom is 0.472 e. The molecule has 0 aromatic rings. The highest BCUT2D eigenvalue weighted by Gasteiger charge is 2.27. The number of esters is 2. The van der Waals surface area contributed by atoms with Crippen LogP contribution in [0.5, 0.6) is 0 Å². The van der Waals surface area contributed by atoms with Crippen LogP contribution in [0.2, 0.25) is 0 Å². The minimum Gasteiger partial charge on any atom is -0.462 e. The fourth-order valence-corrected chi connectivity index (χ4v) is 5.52. The second-order valence-corrected chi connectivity index (χ2v) is 14.7. The Bertz CT molecular complexity index is 743. The van der Waals surface area contributed by atoms with Crippen molar-refractivity contribution in [3.8, 4) is 0 Å². The molecule has 0 aliphatic heterocycles. The van der Waals surface area contributed by atoms with Gasteiger partial charge in [0.05, 0.1) is 27.7 Å². The maximum atomic E-state index is 12.4. The van der Waals surface area contributed by atoms with Crippen molar-refractivity contribution in [2.24, 2.45) is 0 Å². The summed E-state index contributed by atoms with van der Waals surface area (Å²) in [6.07, 6.45) is 23.3. The fraction of sp³-hybridized carbons (Fsp3) is 0.941. The summed E-state index contributed by atoms with van der Waals surface area (Å²) in [6.45, 7) is 4.32. The zero-order chi connectivity index (χ0) is 32.9. The Labute approximate surface area is 270 Å². The molecule has 0 aromatic carbocycles. The van der Waals surface area contributed by atoms with Crippen LogP contribution < -0.4 is 0 Å². The van der Waals surface area contributed by atoms with E-state index in [9.17, 15) is 19.0 Å². The van der Waals surface area contributed by atoms with Gasteiger partial charge < -0.3 is 18.9 Å². The molecule has 0 heterocycles. The quantitative estimate of drug-likeness (QED) is 0.0333. The lowest BCUT2D eigenvalue weighted by Gasteiger charge is -2.24. The van der Waals surface area contributed by atoms with E-state index in [-0.39, 0.29) is 25.6 Å². The number of unbranched alkanes of at least 4 members (excludes halogenated alkanes) is 18. The van der Waals surface area contributed by atoms with Crippen molar-refractivity contribution < 1.29 is 42.1 Å². The van der Waals surface area contributed by atoms with Crippen LogP contribution in [0.1, 0.15) is 155 Å². The van der Waals surface area contributed by atoms with Gasteiger partial charge in [0.1, 0.15) is 19.8 Å². The third kappa shape index (κ3) is 31.0. The van der Waals surface area contributed by atoms with Gasteiger partial charge in [-0.2, -0.15) is 0 Å². The van der Waals surface area contributed by atoms with E-state index in [1.807, 2.05) is 21.1 Å². The van der Waals surface area contributed by atoms with E-state index in [2.05, 4.69) is 13.8 Å². The van der Waals surface area contributed by atoms with Gasteiger partial charge in [0.25, 0.3) is 0 Å². The van der Waals surface area contributed by atoms with E-state index >= 15 is 0 Å². The molecule has 0 saturated heterocycles. The summed E-state index contributed by atoms with van der Waals surface area (Å²) in [5, 5.41) is 0. The van der Waals surface area contributed by atoms with Crippen LogP contribution in [0, 0.1) is 0 Å². The molecule has 44 heavy (non-hydrogen) atoms. The lowest BCUT2D eigenvalue weighted by atomic mass is 10.0. The Balaban J connectivity index is 4.26. The van der Waals surface area contributed by atoms with E-state index in [4.69, 9.17) is 18.5 Å². The van der Waals surface area contributed by atoms with Crippen molar-refractivity contribution in [2.75, 3.05) is 47.5 Å². The molecule has 9 nitrogen and oxygen atoms in total. The molecular weight excluding hydrogens is 581 g/mol. The number of phosphoric acid groups is 1. The van der Waals surface area contributed by atoms with Crippen LogP contribution in [0.25, 0.3) is 0 Å². The molecule has 0 aliphatic rings. The number of ether oxygens (including phenoxy) is 2. The first-order chi connectivity index (χ1) is 21.0. The minimum atomic E-state index is -4.35. The van der Waals surface area contributed by atoms with Crippen LogP contribution in [0.4, 0.5) is 0 Å². The number of likely N-dealkylation sites (N-methyl/N-ethyl adjacent to an activating group) is 1. The number of carbonyl (C=O) groups is 2. The fourth-order valence-electron chi connectivity index (χ4n) is 4.78. The average Bonchev–Trinajstić information content (AvgIpc) is 2.95. The summed E-state index contributed by atoms with van der Waals surface area (Å²) in [6, 6.07) is 0. The van der Waals surface area contributed by atoms with Crippen molar-refractivity contribution in [2.45, 2.75) is 161 Å². The SMILES string of the molecule is CCCCCCCCCCCCCCCCCC(=O)OC[C@H](COP(=O)(O)OCC[N+](C)(C)C)OC(=O)CCCCCCC. The summed E-state index contributed by atoms with van der Waals surface area (Å²) in [5.74, 6) is -0.807. The first-order valence-electron chi connectivity index (χ1n) is 17.8. The van der Waals surface area contributed by atoms with E-state index in [1.165, 1.54) is 77.0 Å². The third-order valence-electron chi connectivity index (χ3n) is 7.64. The minimum absolute atomic E-state index is 0.0354. The van der Waals surface area contributed by atoms with Gasteiger partial charge in [-0.25, -0.2) is 4.57 Å². The molecule has 0 amide bonds. The Hall–Kier alpha value is -0.990. The average molecular weight is 651 g/mol. The number of hydrogen-bond acceptors (Lipinski definition) is 7. The van der Waals surface area contributed by atoms with Gasteiger partial charge in [-0.15, -0.1) is 0 Å². The molecule has 10 heteroatoms. The van der Waals surface area contributed by atoms with Gasteiger partial charge >= 0.3 is 19.8 Å². The number of rotatable bonds is 32. The van der Waals surface area contributed by atoms with Gasteiger partial charge in [-0.1, -0.05) is 129 Å². The summed E-state index contributed by atoms with van der Waals surface area (Å²) in [7, 11) is 1.48. The summed E-state index contributed by atoms with van der Waals surface area (Å²) in [4.78, 5) is 34.8. The number of nitrogens with zero attached hydrogens (tertiary/aromatic N) is 1. The standard InChI is InChI=1S/C34H68NO8P/c1-6-8-10-12-13-14-15-16-17-18-19-20-21-23-24-26-33(36)40-30-32(43-34(37)27-25-22-11-9-7-2)31-42-44(38,39)41-29-28-35(3,4)5/h32H,6-31H2,1-5H3/p+1/t32-/m1/s1. The predicted octanol–water partition coefficient (Wildman–Crippen LogP) is 8.90. The molecule has 0 saturated carbocycles. The molecule has 1 unspecified atom stereocenters. The van der Waals surface area contributed by atoms with Gasteiger partial charge in [0.2, 0.25) is 0 Å². The number of phosphoric ester groups is 1. The van der Waals surface area contributed by atoms with Crippen molar-refractivity contribution in [3.63, 3.8) is 0 Å². The lowest BCUT2D eigenvalue weighted by Crippen LogP contribution is -2.37. The molecule has 0 fully saturated rings. The summed E-state index contributed by atoms with van der Waals surface area (Å²) < 4.78 is 33.9. The molecule has 0 bridgehead atoms. The van der Waals surface area contributed by atoms with Crippen LogP contribution in [0.15, 0.2) is 0 Å². The Morgan fingerprint density at radius 2 is 1.02 bits per heavy atom. The zero-order valence-corrected chi connectivity index (χ0v) is 30.1. The first-order valence-corrected chi connectivity index (χ1v) is 19.3. The van der Waals surface area contributed by atoms with Gasteiger partial charge in [-0.3, -0.25) is 18.6 Å². The van der Waals surface area contributed by atoms with E-state index in [0.717, 1.165) is 44.9 Å². The van der Waals surface area contributed by atoms with Crippen molar-refractivity contribution in [1.82, 2.24) is 0 Å². The molecule has 0 aromatic heterocycles. The van der Waals surface area contributed by atoms with Crippen molar-refractivity contribution in [1.29, 1.82) is 0 Å². The first kappa shape index (κ1) is 43.0. The highest BCUT2D eigenvalue weighted by atomic mass is 31.2. The zero-order valence-electron chi connectivity index (χ0n) is 29.2. The Morgan fingerprint density at radius 1 is 0.614 bits per heavy atom. The molecule has 0 rings (SSSR count). The van der Waals surface area contributed by atoms with E-state index in [1.54, 1.807) is 0 Å². The highest BCUT2D eigenvalue weighted by Crippen LogP contribution is 2.43. The molecule has 2 atom stereocenters. The Kier molecular flexibility index (Phi) is 27.6. The number of quaternary nitrogens is 1.